The highest BCUT2D eigenvalue weighted by Crippen LogP contribution is 2.25. The quantitative estimate of drug-likeness (QED) is 0.614. The number of sulfonamides is 1. The van der Waals surface area contributed by atoms with Crippen LogP contribution in [0.3, 0.4) is 0 Å². The zero-order chi connectivity index (χ0) is 20.2. The van der Waals surface area contributed by atoms with Crippen molar-refractivity contribution in [3.63, 3.8) is 0 Å². The van der Waals surface area contributed by atoms with E-state index in [0.717, 1.165) is 23.1 Å². The maximum Gasteiger partial charge on any atom is 0.241 e. The fraction of sp³-hybridized carbons (Fsp3) is 0.250. The average molecular weight is 394 g/mol. The summed E-state index contributed by atoms with van der Waals surface area (Å²) in [6.07, 6.45) is 0.900. The number of hydrogen-bond donors (Lipinski definition) is 1. The van der Waals surface area contributed by atoms with Crippen molar-refractivity contribution in [2.24, 2.45) is 5.41 Å². The molecule has 0 aliphatic carbocycles. The molecule has 3 aromatic rings. The van der Waals surface area contributed by atoms with Crippen LogP contribution in [0.1, 0.15) is 43.5 Å². The molecule has 28 heavy (non-hydrogen) atoms. The SMILES string of the molecule is CC(C)(C)Cc1ccc(S(=O)(=O)NC(c2ccccc2)c2ccccc2)cc1. The second kappa shape index (κ2) is 8.29. The Kier molecular flexibility index (Phi) is 6.01. The molecule has 0 atom stereocenters. The molecule has 0 spiro atoms. The van der Waals surface area contributed by atoms with Crippen molar-refractivity contribution in [3.8, 4) is 0 Å². The fourth-order valence-electron chi connectivity index (χ4n) is 3.24. The molecule has 3 aromatic carbocycles. The van der Waals surface area contributed by atoms with E-state index in [1.54, 1.807) is 12.1 Å². The Morgan fingerprint density at radius 1 is 0.750 bits per heavy atom. The first-order valence-electron chi connectivity index (χ1n) is 9.46. The molecule has 0 radical (unpaired) electrons. The normalized spacial score (nSPS) is 12.3. The van der Waals surface area contributed by atoms with Gasteiger partial charge in [-0.25, -0.2) is 8.42 Å². The van der Waals surface area contributed by atoms with Gasteiger partial charge in [-0.2, -0.15) is 4.72 Å². The average Bonchev–Trinajstić information content (AvgIpc) is 2.67. The van der Waals surface area contributed by atoms with E-state index in [9.17, 15) is 8.42 Å². The highest BCUT2D eigenvalue weighted by Gasteiger charge is 2.23. The summed E-state index contributed by atoms with van der Waals surface area (Å²) >= 11 is 0. The van der Waals surface area contributed by atoms with Crippen molar-refractivity contribution in [3.05, 3.63) is 102 Å². The molecule has 146 valence electrons. The lowest BCUT2D eigenvalue weighted by molar-refractivity contribution is 0.411. The van der Waals surface area contributed by atoms with Crippen molar-refractivity contribution in [2.75, 3.05) is 0 Å². The predicted molar refractivity (Wildman–Crippen MR) is 115 cm³/mol. The van der Waals surface area contributed by atoms with E-state index >= 15 is 0 Å². The number of nitrogens with one attached hydrogen (secondary N) is 1. The van der Waals surface area contributed by atoms with Gasteiger partial charge >= 0.3 is 0 Å². The zero-order valence-corrected chi connectivity index (χ0v) is 17.4. The van der Waals surface area contributed by atoms with Gasteiger partial charge in [-0.3, -0.25) is 0 Å². The first-order chi connectivity index (χ1) is 13.2. The third-order valence-electron chi connectivity index (χ3n) is 4.51. The largest absolute Gasteiger partial charge is 0.241 e. The van der Waals surface area contributed by atoms with Crippen molar-refractivity contribution >= 4 is 10.0 Å². The third kappa shape index (κ3) is 5.31. The van der Waals surface area contributed by atoms with Gasteiger partial charge in [0.1, 0.15) is 0 Å². The van der Waals surface area contributed by atoms with Crippen LogP contribution in [0, 0.1) is 5.41 Å². The Morgan fingerprint density at radius 3 is 1.64 bits per heavy atom. The second-order valence-electron chi connectivity index (χ2n) is 8.26. The van der Waals surface area contributed by atoms with E-state index in [-0.39, 0.29) is 10.3 Å². The second-order valence-corrected chi connectivity index (χ2v) is 9.97. The van der Waals surface area contributed by atoms with Crippen LogP contribution < -0.4 is 4.72 Å². The Morgan fingerprint density at radius 2 is 1.21 bits per heavy atom. The van der Waals surface area contributed by atoms with Crippen LogP contribution in [0.25, 0.3) is 0 Å². The van der Waals surface area contributed by atoms with Crippen molar-refractivity contribution in [2.45, 2.75) is 38.1 Å². The van der Waals surface area contributed by atoms with Crippen molar-refractivity contribution in [1.29, 1.82) is 0 Å². The monoisotopic (exact) mass is 393 g/mol. The van der Waals surface area contributed by atoms with Crippen molar-refractivity contribution in [1.82, 2.24) is 4.72 Å². The molecule has 0 bridgehead atoms. The Balaban J connectivity index is 1.90. The van der Waals surface area contributed by atoms with Gasteiger partial charge in [-0.1, -0.05) is 93.6 Å². The highest BCUT2D eigenvalue weighted by molar-refractivity contribution is 7.89. The van der Waals surface area contributed by atoms with Crippen LogP contribution in [0.4, 0.5) is 0 Å². The molecular weight excluding hydrogens is 366 g/mol. The minimum Gasteiger partial charge on any atom is -0.207 e. The summed E-state index contributed by atoms with van der Waals surface area (Å²) in [5.74, 6) is 0. The van der Waals surface area contributed by atoms with Gasteiger partial charge in [0.2, 0.25) is 10.0 Å². The molecule has 0 aliphatic heterocycles. The first kappa shape index (κ1) is 20.3. The molecule has 3 nitrogen and oxygen atoms in total. The number of rotatable bonds is 6. The summed E-state index contributed by atoms with van der Waals surface area (Å²) in [5, 5.41) is 0. The topological polar surface area (TPSA) is 46.2 Å². The minimum absolute atomic E-state index is 0.157. The maximum atomic E-state index is 13.1. The minimum atomic E-state index is -3.67. The Labute approximate surface area is 168 Å². The molecule has 3 rings (SSSR count). The van der Waals surface area contributed by atoms with Crippen LogP contribution in [-0.2, 0) is 16.4 Å². The van der Waals surface area contributed by atoms with Gasteiger partial charge in [0.05, 0.1) is 10.9 Å². The van der Waals surface area contributed by atoms with Crippen molar-refractivity contribution < 1.29 is 8.42 Å². The summed E-state index contributed by atoms with van der Waals surface area (Å²) in [4.78, 5) is 0.280. The molecule has 0 saturated carbocycles. The lowest BCUT2D eigenvalue weighted by atomic mass is 9.88. The summed E-state index contributed by atoms with van der Waals surface area (Å²) in [6, 6.07) is 26.0. The van der Waals surface area contributed by atoms with Crippen LogP contribution in [-0.4, -0.2) is 8.42 Å². The van der Waals surface area contributed by atoms with E-state index in [1.807, 2.05) is 72.8 Å². The molecule has 0 aliphatic rings. The van der Waals surface area contributed by atoms with E-state index in [4.69, 9.17) is 0 Å². The molecule has 1 N–H and O–H groups in total. The molecule has 0 amide bonds. The zero-order valence-electron chi connectivity index (χ0n) is 16.6. The number of benzene rings is 3. The van der Waals surface area contributed by atoms with Crippen LogP contribution in [0.2, 0.25) is 0 Å². The summed E-state index contributed by atoms with van der Waals surface area (Å²) < 4.78 is 29.0. The summed E-state index contributed by atoms with van der Waals surface area (Å²) in [7, 11) is -3.67. The molecule has 0 aromatic heterocycles. The summed E-state index contributed by atoms with van der Waals surface area (Å²) in [6.45, 7) is 6.51. The van der Waals surface area contributed by atoms with Crippen LogP contribution in [0.5, 0.6) is 0 Å². The fourth-order valence-corrected chi connectivity index (χ4v) is 4.45. The van der Waals surface area contributed by atoms with E-state index in [0.29, 0.717) is 0 Å². The molecule has 4 heteroatoms. The van der Waals surface area contributed by atoms with Gasteiger partial charge in [0.15, 0.2) is 0 Å². The van der Waals surface area contributed by atoms with E-state index in [2.05, 4.69) is 25.5 Å². The molecule has 0 unspecified atom stereocenters. The van der Waals surface area contributed by atoms with Crippen LogP contribution >= 0.6 is 0 Å². The van der Waals surface area contributed by atoms with Crippen LogP contribution in [0.15, 0.2) is 89.8 Å². The van der Waals surface area contributed by atoms with Gasteiger partial charge in [-0.05, 0) is 40.7 Å². The lowest BCUT2D eigenvalue weighted by Crippen LogP contribution is -2.29. The third-order valence-corrected chi connectivity index (χ3v) is 5.95. The Hall–Kier alpha value is -2.43. The Bertz CT molecular complexity index is 950. The molecular formula is C24H27NO2S. The lowest BCUT2D eigenvalue weighted by Gasteiger charge is -2.21. The molecule has 0 saturated heterocycles. The first-order valence-corrected chi connectivity index (χ1v) is 10.9. The maximum absolute atomic E-state index is 13.1. The number of hydrogen-bond acceptors (Lipinski definition) is 2. The smallest absolute Gasteiger partial charge is 0.207 e. The highest BCUT2D eigenvalue weighted by atomic mass is 32.2. The predicted octanol–water partition coefficient (Wildman–Crippen LogP) is 5.34. The van der Waals surface area contributed by atoms with Gasteiger partial charge < -0.3 is 0 Å². The van der Waals surface area contributed by atoms with Gasteiger partial charge in [0, 0.05) is 0 Å². The van der Waals surface area contributed by atoms with E-state index in [1.165, 1.54) is 0 Å². The molecule has 0 heterocycles. The van der Waals surface area contributed by atoms with Gasteiger partial charge in [0.25, 0.3) is 0 Å². The standard InChI is InChI=1S/C24H27NO2S/c1-24(2,3)18-19-14-16-22(17-15-19)28(26,27)25-23(20-10-6-4-7-11-20)21-12-8-5-9-13-21/h4-17,23,25H,18H2,1-3H3. The van der Waals surface area contributed by atoms with Gasteiger partial charge in [-0.15, -0.1) is 0 Å². The summed E-state index contributed by atoms with van der Waals surface area (Å²) in [5.41, 5.74) is 3.10. The van der Waals surface area contributed by atoms with E-state index < -0.39 is 16.1 Å². The molecule has 0 fully saturated rings.